The lowest BCUT2D eigenvalue weighted by molar-refractivity contribution is -0.119. The standard InChI is InChI=1S/C17H25N2O4P/c1-6-7-12-10-19(11(2)18-16(12)22)17-15(21)14(20)13(23-17)8-9-24(3,4)5/h10,13-15,17,20-21H,2-3,8-9H2,1,4-5H3,(H,18,22)/t13-,14-,15-,17?/m1/s1. The average Bonchev–Trinajstić information content (AvgIpc) is 2.75. The molecule has 1 saturated heterocycles. The van der Waals surface area contributed by atoms with Crippen LogP contribution in [0.1, 0.15) is 13.3 Å². The van der Waals surface area contributed by atoms with E-state index in [0.717, 1.165) is 6.16 Å². The van der Waals surface area contributed by atoms with Gasteiger partial charge in [0.15, 0.2) is 6.23 Å². The molecule has 2 aliphatic heterocycles. The van der Waals surface area contributed by atoms with Crippen molar-refractivity contribution in [2.45, 2.75) is 37.9 Å². The van der Waals surface area contributed by atoms with Crippen molar-refractivity contribution in [3.05, 3.63) is 24.2 Å². The van der Waals surface area contributed by atoms with E-state index in [1.807, 2.05) is 0 Å². The topological polar surface area (TPSA) is 82.0 Å². The zero-order chi connectivity index (χ0) is 18.1. The summed E-state index contributed by atoms with van der Waals surface area (Å²) in [4.78, 5) is 13.4. The SMILES string of the molecule is C=C1NC(=O)C(C#CC)=CN1C1O[C@H](CCP(=C)(C)C)[C@@H](O)[C@H]1O. The van der Waals surface area contributed by atoms with Crippen LogP contribution in [0.3, 0.4) is 0 Å². The fraction of sp³-hybridized carbons (Fsp3) is 0.529. The molecule has 0 radical (unpaired) electrons. The molecule has 24 heavy (non-hydrogen) atoms. The predicted molar refractivity (Wildman–Crippen MR) is 96.7 cm³/mol. The molecule has 7 heteroatoms. The first kappa shape index (κ1) is 18.8. The van der Waals surface area contributed by atoms with E-state index in [9.17, 15) is 15.0 Å². The van der Waals surface area contributed by atoms with E-state index >= 15 is 0 Å². The van der Waals surface area contributed by atoms with E-state index in [-0.39, 0.29) is 17.3 Å². The number of aliphatic hydroxyl groups is 2. The minimum absolute atomic E-state index is 0.253. The number of ether oxygens (including phenoxy) is 1. The van der Waals surface area contributed by atoms with Crippen LogP contribution in [0.15, 0.2) is 24.2 Å². The smallest absolute Gasteiger partial charge is 0.266 e. The highest BCUT2D eigenvalue weighted by Gasteiger charge is 2.46. The van der Waals surface area contributed by atoms with E-state index in [1.165, 1.54) is 11.1 Å². The highest BCUT2D eigenvalue weighted by molar-refractivity contribution is 7.72. The van der Waals surface area contributed by atoms with Gasteiger partial charge in [0, 0.05) is 6.20 Å². The number of hydrogen-bond donors (Lipinski definition) is 3. The number of carbonyl (C=O) groups is 1. The summed E-state index contributed by atoms with van der Waals surface area (Å²) in [7, 11) is 0. The van der Waals surface area contributed by atoms with Crippen LogP contribution in [-0.4, -0.2) is 71.4 Å². The van der Waals surface area contributed by atoms with Gasteiger partial charge in [-0.25, -0.2) is 0 Å². The largest absolute Gasteiger partial charge is 0.388 e. The molecule has 0 aromatic rings. The van der Waals surface area contributed by atoms with Crippen molar-refractivity contribution in [3.8, 4) is 11.8 Å². The van der Waals surface area contributed by atoms with E-state index in [2.05, 4.69) is 43.4 Å². The Morgan fingerprint density at radius 1 is 1.42 bits per heavy atom. The molecular weight excluding hydrogens is 327 g/mol. The second kappa shape index (κ2) is 7.16. The van der Waals surface area contributed by atoms with Gasteiger partial charge in [-0.15, -0.1) is 19.1 Å². The van der Waals surface area contributed by atoms with Crippen LogP contribution in [-0.2, 0) is 9.53 Å². The van der Waals surface area contributed by atoms with Gasteiger partial charge < -0.3 is 25.2 Å². The van der Waals surface area contributed by atoms with Crippen LogP contribution in [0.4, 0.5) is 0 Å². The number of nitrogens with one attached hydrogen (secondary N) is 1. The molecule has 132 valence electrons. The van der Waals surface area contributed by atoms with Gasteiger partial charge in [-0.1, -0.05) is 12.5 Å². The predicted octanol–water partition coefficient (Wildman–Crippen LogP) is 0.343. The first-order valence-electron chi connectivity index (χ1n) is 7.76. The maximum Gasteiger partial charge on any atom is 0.266 e. The lowest BCUT2D eigenvalue weighted by Crippen LogP contribution is -2.47. The second-order valence-corrected chi connectivity index (χ2v) is 11.0. The molecule has 0 bridgehead atoms. The van der Waals surface area contributed by atoms with Crippen molar-refractivity contribution in [3.63, 3.8) is 0 Å². The number of carbonyl (C=O) groups excluding carboxylic acids is 1. The zero-order valence-corrected chi connectivity index (χ0v) is 15.2. The maximum absolute atomic E-state index is 11.9. The minimum atomic E-state index is -1.25. The third-order valence-corrected chi connectivity index (χ3v) is 5.44. The summed E-state index contributed by atoms with van der Waals surface area (Å²) in [6.07, 6.45) is 3.71. The lowest BCUT2D eigenvalue weighted by Gasteiger charge is -2.33. The van der Waals surface area contributed by atoms with Crippen LogP contribution >= 0.6 is 6.89 Å². The maximum atomic E-state index is 11.9. The van der Waals surface area contributed by atoms with Crippen LogP contribution in [0.25, 0.3) is 0 Å². The highest BCUT2D eigenvalue weighted by atomic mass is 31.2. The van der Waals surface area contributed by atoms with Gasteiger partial charge in [-0.3, -0.25) is 4.79 Å². The summed E-state index contributed by atoms with van der Waals surface area (Å²) < 4.78 is 5.86. The molecule has 1 fully saturated rings. The summed E-state index contributed by atoms with van der Waals surface area (Å²) >= 11 is 0. The van der Waals surface area contributed by atoms with Crippen molar-refractivity contribution < 1.29 is 19.7 Å². The Balaban J connectivity index is 2.18. The molecule has 6 nitrogen and oxygen atoms in total. The third kappa shape index (κ3) is 4.12. The fourth-order valence-corrected chi connectivity index (χ4v) is 3.62. The lowest BCUT2D eigenvalue weighted by atomic mass is 10.1. The van der Waals surface area contributed by atoms with E-state index < -0.39 is 31.4 Å². The second-order valence-electron chi connectivity index (χ2n) is 6.72. The minimum Gasteiger partial charge on any atom is -0.388 e. The van der Waals surface area contributed by atoms with Gasteiger partial charge in [0.1, 0.15) is 23.6 Å². The molecule has 0 aliphatic carbocycles. The number of amides is 1. The quantitative estimate of drug-likeness (QED) is 0.502. The Morgan fingerprint density at radius 2 is 2.08 bits per heavy atom. The van der Waals surface area contributed by atoms with E-state index in [1.54, 1.807) is 6.92 Å². The van der Waals surface area contributed by atoms with Crippen molar-refractivity contribution in [1.82, 2.24) is 10.2 Å². The molecular formula is C17H25N2O4P. The number of aliphatic hydroxyl groups excluding tert-OH is 2. The van der Waals surface area contributed by atoms with Crippen LogP contribution < -0.4 is 5.32 Å². The third-order valence-electron chi connectivity index (χ3n) is 3.97. The molecule has 0 spiro atoms. The molecule has 2 rings (SSSR count). The first-order chi connectivity index (χ1) is 11.1. The van der Waals surface area contributed by atoms with Gasteiger partial charge in [-0.2, -0.15) is 0 Å². The summed E-state index contributed by atoms with van der Waals surface area (Å²) in [5, 5.41) is 23.2. The molecule has 3 N–H and O–H groups in total. The Bertz CT molecular complexity index is 670. The summed E-state index contributed by atoms with van der Waals surface area (Å²) in [5.74, 6) is 5.30. The Morgan fingerprint density at radius 3 is 2.67 bits per heavy atom. The molecule has 0 aromatic carbocycles. The van der Waals surface area contributed by atoms with Gasteiger partial charge >= 0.3 is 0 Å². The first-order valence-corrected chi connectivity index (χ1v) is 10.8. The molecule has 2 aliphatic rings. The Hall–Kier alpha value is -1.51. The highest BCUT2D eigenvalue weighted by Crippen LogP contribution is 2.38. The number of nitrogens with zero attached hydrogens (tertiary/aromatic N) is 1. The van der Waals surface area contributed by atoms with Crippen LogP contribution in [0.2, 0.25) is 0 Å². The summed E-state index contributed by atoms with van der Waals surface area (Å²) in [6, 6.07) is 0. The molecule has 1 amide bonds. The van der Waals surface area contributed by atoms with Crippen LogP contribution in [0.5, 0.6) is 0 Å². The zero-order valence-electron chi connectivity index (χ0n) is 14.3. The Kier molecular flexibility index (Phi) is 5.62. The van der Waals surface area contributed by atoms with E-state index in [0.29, 0.717) is 6.42 Å². The normalized spacial score (nSPS) is 30.5. The summed E-state index contributed by atoms with van der Waals surface area (Å²) in [5.41, 5.74) is 0.253. The van der Waals surface area contributed by atoms with Crippen molar-refractivity contribution in [2.24, 2.45) is 0 Å². The molecule has 0 saturated carbocycles. The van der Waals surface area contributed by atoms with Gasteiger partial charge in [0.25, 0.3) is 5.91 Å². The number of rotatable bonds is 4. The molecule has 4 atom stereocenters. The number of hydrogen-bond acceptors (Lipinski definition) is 5. The van der Waals surface area contributed by atoms with Gasteiger partial charge in [0.2, 0.25) is 0 Å². The molecule has 2 heterocycles. The van der Waals surface area contributed by atoms with Crippen LogP contribution in [0, 0.1) is 11.8 Å². The van der Waals surface area contributed by atoms with Crippen molar-refractivity contribution in [1.29, 1.82) is 0 Å². The van der Waals surface area contributed by atoms with Crippen molar-refractivity contribution in [2.75, 3.05) is 19.5 Å². The average molecular weight is 352 g/mol. The molecule has 0 aromatic heterocycles. The summed E-state index contributed by atoms with van der Waals surface area (Å²) in [6.45, 7) is 8.39. The Labute approximate surface area is 143 Å². The van der Waals surface area contributed by atoms with Crippen molar-refractivity contribution >= 4 is 19.1 Å². The molecule has 1 unspecified atom stereocenters. The van der Waals surface area contributed by atoms with Gasteiger partial charge in [-0.05, 0) is 32.8 Å². The van der Waals surface area contributed by atoms with Gasteiger partial charge in [0.05, 0.1) is 6.10 Å². The van der Waals surface area contributed by atoms with E-state index in [4.69, 9.17) is 4.74 Å². The monoisotopic (exact) mass is 352 g/mol. The fourth-order valence-electron chi connectivity index (χ4n) is 2.66.